The number of nitrogens with one attached hydrogen (secondary N) is 1. The zero-order valence-electron chi connectivity index (χ0n) is 17.6. The second-order valence-electron chi connectivity index (χ2n) is 8.09. The highest BCUT2D eigenvalue weighted by Gasteiger charge is 2.25. The van der Waals surface area contributed by atoms with E-state index in [9.17, 15) is 16.8 Å². The van der Waals surface area contributed by atoms with Crippen molar-refractivity contribution in [1.82, 2.24) is 4.72 Å². The van der Waals surface area contributed by atoms with E-state index >= 15 is 0 Å². The maximum absolute atomic E-state index is 12.4. The molecule has 0 unspecified atom stereocenters. The van der Waals surface area contributed by atoms with Gasteiger partial charge in [0.1, 0.15) is 0 Å². The lowest BCUT2D eigenvalue weighted by Gasteiger charge is -2.29. The molecule has 0 atom stereocenters. The summed E-state index contributed by atoms with van der Waals surface area (Å²) in [7, 11) is -7.12. The summed E-state index contributed by atoms with van der Waals surface area (Å²) in [6.45, 7) is 0.200. The van der Waals surface area contributed by atoms with E-state index in [1.165, 1.54) is 12.1 Å². The van der Waals surface area contributed by atoms with Crippen LogP contribution in [0, 0.1) is 5.92 Å². The Bertz CT molecular complexity index is 1000. The molecule has 0 aliphatic heterocycles. The fourth-order valence-corrected chi connectivity index (χ4v) is 6.28. The van der Waals surface area contributed by atoms with Crippen LogP contribution in [0.1, 0.15) is 51.4 Å². The Morgan fingerprint density at radius 2 is 1.32 bits per heavy atom. The highest BCUT2D eigenvalue weighted by molar-refractivity contribution is 7.89. The Kier molecular flexibility index (Phi) is 8.66. The van der Waals surface area contributed by atoms with E-state index < -0.39 is 20.1 Å². The zero-order chi connectivity index (χ0) is 22.2. The Morgan fingerprint density at radius 1 is 0.742 bits per heavy atom. The monoisotopic (exact) mass is 465 g/mol. The quantitative estimate of drug-likeness (QED) is 0.390. The standard InChI is InChI=1S/C23H31NO5S2/c25-30(26,22-11-5-1-6-12-22)24-21-17-15-20(16-18-21)10-4-3-9-19-29-31(27,28)23-13-7-2-8-14-23/h1-2,5-8,11-14,20-21,24H,3-4,9-10,15-19H2/t20-,21-. The predicted molar refractivity (Wildman–Crippen MR) is 121 cm³/mol. The number of unbranched alkanes of at least 4 members (excludes halogenated alkanes) is 2. The minimum Gasteiger partial charge on any atom is -0.266 e. The number of sulfonamides is 1. The molecule has 1 saturated carbocycles. The third kappa shape index (κ3) is 7.42. The van der Waals surface area contributed by atoms with E-state index in [1.54, 1.807) is 48.5 Å². The largest absolute Gasteiger partial charge is 0.296 e. The van der Waals surface area contributed by atoms with Gasteiger partial charge >= 0.3 is 0 Å². The van der Waals surface area contributed by atoms with Gasteiger partial charge in [0.15, 0.2) is 0 Å². The first-order valence-electron chi connectivity index (χ1n) is 10.9. The van der Waals surface area contributed by atoms with Crippen molar-refractivity contribution in [1.29, 1.82) is 0 Å². The van der Waals surface area contributed by atoms with Crippen LogP contribution < -0.4 is 4.72 Å². The lowest BCUT2D eigenvalue weighted by atomic mass is 9.83. The first kappa shape index (κ1) is 23.9. The first-order chi connectivity index (χ1) is 14.9. The minimum absolute atomic E-state index is 0.00181. The van der Waals surface area contributed by atoms with Crippen molar-refractivity contribution in [3.63, 3.8) is 0 Å². The van der Waals surface area contributed by atoms with Gasteiger partial charge in [-0.3, -0.25) is 4.18 Å². The fraction of sp³-hybridized carbons (Fsp3) is 0.478. The second-order valence-corrected chi connectivity index (χ2v) is 11.4. The third-order valence-electron chi connectivity index (χ3n) is 5.75. The Balaban J connectivity index is 1.30. The third-order valence-corrected chi connectivity index (χ3v) is 8.61. The van der Waals surface area contributed by atoms with Gasteiger partial charge in [-0.15, -0.1) is 0 Å². The topological polar surface area (TPSA) is 89.5 Å². The molecule has 6 nitrogen and oxygen atoms in total. The van der Waals surface area contributed by atoms with Crippen molar-refractivity contribution in [3.05, 3.63) is 60.7 Å². The van der Waals surface area contributed by atoms with Gasteiger partial charge in [0.25, 0.3) is 10.1 Å². The van der Waals surface area contributed by atoms with Crippen molar-refractivity contribution >= 4 is 20.1 Å². The van der Waals surface area contributed by atoms with Crippen LogP contribution in [-0.4, -0.2) is 29.5 Å². The highest BCUT2D eigenvalue weighted by Crippen LogP contribution is 2.29. The van der Waals surface area contributed by atoms with Gasteiger partial charge in [0, 0.05) is 6.04 Å². The minimum atomic E-state index is -3.67. The van der Waals surface area contributed by atoms with Crippen molar-refractivity contribution in [2.45, 2.75) is 67.2 Å². The molecule has 3 rings (SSSR count). The number of hydrogen-bond donors (Lipinski definition) is 1. The van der Waals surface area contributed by atoms with Crippen LogP contribution in [0.3, 0.4) is 0 Å². The molecule has 0 saturated heterocycles. The number of hydrogen-bond acceptors (Lipinski definition) is 5. The fourth-order valence-electron chi connectivity index (χ4n) is 3.99. The summed E-state index contributed by atoms with van der Waals surface area (Å²) in [6.07, 6.45) is 7.48. The molecule has 0 radical (unpaired) electrons. The van der Waals surface area contributed by atoms with Crippen LogP contribution in [-0.2, 0) is 24.3 Å². The van der Waals surface area contributed by atoms with E-state index in [4.69, 9.17) is 4.18 Å². The summed E-state index contributed by atoms with van der Waals surface area (Å²) in [5.41, 5.74) is 0. The molecule has 8 heteroatoms. The molecule has 0 bridgehead atoms. The van der Waals surface area contributed by atoms with Gasteiger partial charge in [0.2, 0.25) is 10.0 Å². The van der Waals surface area contributed by atoms with Crippen molar-refractivity contribution in [2.24, 2.45) is 5.92 Å². The van der Waals surface area contributed by atoms with E-state index in [0.29, 0.717) is 17.2 Å². The van der Waals surface area contributed by atoms with E-state index in [1.807, 2.05) is 0 Å². The van der Waals surface area contributed by atoms with E-state index in [-0.39, 0.29) is 17.5 Å². The van der Waals surface area contributed by atoms with Gasteiger partial charge in [-0.25, -0.2) is 13.1 Å². The Morgan fingerprint density at radius 3 is 1.94 bits per heavy atom. The van der Waals surface area contributed by atoms with Gasteiger partial charge in [-0.1, -0.05) is 55.7 Å². The summed E-state index contributed by atoms with van der Waals surface area (Å²) in [6, 6.07) is 16.7. The molecule has 170 valence electrons. The molecular formula is C23H31NO5S2. The maximum atomic E-state index is 12.4. The van der Waals surface area contributed by atoms with Crippen LogP contribution in [0.5, 0.6) is 0 Å². The normalized spacial score (nSPS) is 19.9. The van der Waals surface area contributed by atoms with Crippen LogP contribution in [0.15, 0.2) is 70.5 Å². The van der Waals surface area contributed by atoms with Crippen LogP contribution in [0.25, 0.3) is 0 Å². The zero-order valence-corrected chi connectivity index (χ0v) is 19.3. The van der Waals surface area contributed by atoms with Crippen LogP contribution in [0.2, 0.25) is 0 Å². The summed E-state index contributed by atoms with van der Waals surface area (Å²) in [5.74, 6) is 0.603. The first-order valence-corrected chi connectivity index (χ1v) is 13.8. The Labute approximate surface area is 186 Å². The molecule has 1 aliphatic carbocycles. The average molecular weight is 466 g/mol. The van der Waals surface area contributed by atoms with Crippen molar-refractivity contribution in [2.75, 3.05) is 6.61 Å². The van der Waals surface area contributed by atoms with Crippen LogP contribution in [0.4, 0.5) is 0 Å². The predicted octanol–water partition coefficient (Wildman–Crippen LogP) is 4.49. The molecule has 2 aromatic carbocycles. The highest BCUT2D eigenvalue weighted by atomic mass is 32.2. The summed E-state index contributed by atoms with van der Waals surface area (Å²) in [5, 5.41) is 0. The van der Waals surface area contributed by atoms with Gasteiger partial charge in [-0.2, -0.15) is 8.42 Å². The van der Waals surface area contributed by atoms with E-state index in [0.717, 1.165) is 44.9 Å². The molecule has 2 aromatic rings. The van der Waals surface area contributed by atoms with Crippen molar-refractivity contribution < 1.29 is 21.0 Å². The van der Waals surface area contributed by atoms with Crippen molar-refractivity contribution in [3.8, 4) is 0 Å². The maximum Gasteiger partial charge on any atom is 0.296 e. The average Bonchev–Trinajstić information content (AvgIpc) is 2.78. The molecular weight excluding hydrogens is 434 g/mol. The molecule has 0 aromatic heterocycles. The molecule has 0 spiro atoms. The number of benzene rings is 2. The van der Waals surface area contributed by atoms with E-state index in [2.05, 4.69) is 4.72 Å². The Hall–Kier alpha value is -1.74. The van der Waals surface area contributed by atoms with Gasteiger partial charge < -0.3 is 0 Å². The summed E-state index contributed by atoms with van der Waals surface area (Å²) < 4.78 is 57.0. The lowest BCUT2D eigenvalue weighted by Crippen LogP contribution is -2.37. The summed E-state index contributed by atoms with van der Waals surface area (Å²) >= 11 is 0. The second kappa shape index (κ2) is 11.2. The van der Waals surface area contributed by atoms with Crippen LogP contribution >= 0.6 is 0 Å². The smallest absolute Gasteiger partial charge is 0.266 e. The number of rotatable bonds is 11. The molecule has 0 heterocycles. The molecule has 1 aliphatic rings. The lowest BCUT2D eigenvalue weighted by molar-refractivity contribution is 0.280. The van der Waals surface area contributed by atoms with Gasteiger partial charge in [-0.05, 0) is 62.3 Å². The molecule has 31 heavy (non-hydrogen) atoms. The van der Waals surface area contributed by atoms with Gasteiger partial charge in [0.05, 0.1) is 16.4 Å². The summed E-state index contributed by atoms with van der Waals surface area (Å²) in [4.78, 5) is 0.503. The SMILES string of the molecule is O=S(=O)(N[C@H]1CC[C@H](CCCCCOS(=O)(=O)c2ccccc2)CC1)c1ccccc1. The molecule has 0 amide bonds. The molecule has 1 fully saturated rings. The molecule has 1 N–H and O–H groups in total.